The maximum absolute atomic E-state index is 12.2. The summed E-state index contributed by atoms with van der Waals surface area (Å²) < 4.78 is 0.944. The number of amides is 1. The van der Waals surface area contributed by atoms with Crippen molar-refractivity contribution in [3.63, 3.8) is 0 Å². The number of carbonyl (C=O) groups excluding carboxylic acids is 1. The van der Waals surface area contributed by atoms with Crippen LogP contribution in [0.1, 0.15) is 29.8 Å². The Bertz CT molecular complexity index is 654. The quantitative estimate of drug-likeness (QED) is 0.879. The number of hydrogen-bond acceptors (Lipinski definition) is 4. The summed E-state index contributed by atoms with van der Waals surface area (Å²) in [6.07, 6.45) is 3.11. The highest BCUT2D eigenvalue weighted by Gasteiger charge is 2.13. The predicted molar refractivity (Wildman–Crippen MR) is 91.4 cm³/mol. The minimum atomic E-state index is -0.0481. The number of anilines is 2. The summed E-state index contributed by atoms with van der Waals surface area (Å²) in [7, 11) is 0. The van der Waals surface area contributed by atoms with Gasteiger partial charge in [0.25, 0.3) is 5.91 Å². The second-order valence-electron chi connectivity index (χ2n) is 4.88. The molecule has 0 saturated carbocycles. The summed E-state index contributed by atoms with van der Waals surface area (Å²) in [6, 6.07) is 5.98. The van der Waals surface area contributed by atoms with Crippen molar-refractivity contribution in [3.8, 4) is 0 Å². The summed E-state index contributed by atoms with van der Waals surface area (Å²) in [5.74, 6) is 0.411. The first-order chi connectivity index (χ1) is 10.5. The second kappa shape index (κ2) is 7.35. The number of hydrogen-bond donors (Lipinski definition) is 1. The number of aromatic nitrogens is 2. The first kappa shape index (κ1) is 16.4. The Labute approximate surface area is 138 Å². The number of rotatable bonds is 5. The molecule has 6 heteroatoms. The Morgan fingerprint density at radius 3 is 2.41 bits per heavy atom. The van der Waals surface area contributed by atoms with Crippen molar-refractivity contribution in [3.05, 3.63) is 46.2 Å². The van der Waals surface area contributed by atoms with Gasteiger partial charge >= 0.3 is 0 Å². The molecular weight excluding hydrogens is 344 g/mol. The van der Waals surface area contributed by atoms with Crippen LogP contribution < -0.4 is 5.32 Å². The zero-order valence-electron chi connectivity index (χ0n) is 12.9. The van der Waals surface area contributed by atoms with Crippen molar-refractivity contribution >= 4 is 33.5 Å². The van der Waals surface area contributed by atoms with Gasteiger partial charge in [-0.15, -0.1) is 0 Å². The molecule has 1 amide bonds. The van der Waals surface area contributed by atoms with E-state index in [1.807, 2.05) is 39.0 Å². The third-order valence-electron chi connectivity index (χ3n) is 3.32. The third-order valence-corrected chi connectivity index (χ3v) is 3.98. The van der Waals surface area contributed by atoms with Gasteiger partial charge in [0, 0.05) is 30.0 Å². The fourth-order valence-corrected chi connectivity index (χ4v) is 2.63. The molecule has 0 aliphatic carbocycles. The summed E-state index contributed by atoms with van der Waals surface area (Å²) in [5, 5.41) is 3.13. The second-order valence-corrected chi connectivity index (χ2v) is 5.74. The van der Waals surface area contributed by atoms with Gasteiger partial charge in [0.05, 0.1) is 11.3 Å². The molecule has 2 aromatic rings. The zero-order valence-corrected chi connectivity index (χ0v) is 14.5. The molecule has 0 aliphatic heterocycles. The molecule has 0 aliphatic rings. The van der Waals surface area contributed by atoms with Gasteiger partial charge in [0.1, 0.15) is 0 Å². The lowest BCUT2D eigenvalue weighted by molar-refractivity contribution is 0.0772. The lowest BCUT2D eigenvalue weighted by atomic mass is 10.2. The van der Waals surface area contributed by atoms with Crippen LogP contribution in [0, 0.1) is 6.92 Å². The molecule has 1 N–H and O–H groups in total. The largest absolute Gasteiger partial charge is 0.339 e. The molecule has 22 heavy (non-hydrogen) atoms. The first-order valence-electron chi connectivity index (χ1n) is 7.19. The average Bonchev–Trinajstić information content (AvgIpc) is 2.52. The molecule has 1 aromatic carbocycles. The molecule has 1 aromatic heterocycles. The van der Waals surface area contributed by atoms with Crippen molar-refractivity contribution in [2.75, 3.05) is 18.4 Å². The van der Waals surface area contributed by atoms with E-state index in [0.29, 0.717) is 24.6 Å². The van der Waals surface area contributed by atoms with Crippen molar-refractivity contribution in [1.82, 2.24) is 14.9 Å². The van der Waals surface area contributed by atoms with Crippen LogP contribution in [0.2, 0.25) is 0 Å². The summed E-state index contributed by atoms with van der Waals surface area (Å²) in [6.45, 7) is 7.27. The highest BCUT2D eigenvalue weighted by atomic mass is 79.9. The van der Waals surface area contributed by atoms with Gasteiger partial charge in [-0.25, -0.2) is 9.97 Å². The van der Waals surface area contributed by atoms with Crippen LogP contribution in [0.4, 0.5) is 11.6 Å². The molecule has 116 valence electrons. The monoisotopic (exact) mass is 362 g/mol. The smallest absolute Gasteiger partial charge is 0.256 e. The van der Waals surface area contributed by atoms with Crippen LogP contribution in [0.15, 0.2) is 35.1 Å². The van der Waals surface area contributed by atoms with Crippen LogP contribution in [-0.2, 0) is 0 Å². The molecule has 5 nitrogen and oxygen atoms in total. The molecule has 2 rings (SSSR count). The normalized spacial score (nSPS) is 10.4. The van der Waals surface area contributed by atoms with Crippen LogP contribution in [-0.4, -0.2) is 33.9 Å². The van der Waals surface area contributed by atoms with Gasteiger partial charge in [-0.2, -0.15) is 0 Å². The minimum Gasteiger partial charge on any atom is -0.339 e. The van der Waals surface area contributed by atoms with Crippen LogP contribution in [0.25, 0.3) is 0 Å². The molecule has 0 unspecified atom stereocenters. The molecule has 1 heterocycles. The predicted octanol–water partition coefficient (Wildman–Crippen LogP) is 3.77. The fourth-order valence-electron chi connectivity index (χ4n) is 2.04. The van der Waals surface area contributed by atoms with Gasteiger partial charge in [0.15, 0.2) is 0 Å². The molecule has 0 spiro atoms. The first-order valence-corrected chi connectivity index (χ1v) is 7.99. The molecular formula is C16H19BrN4O. The number of benzene rings is 1. The number of halogens is 1. The topological polar surface area (TPSA) is 58.1 Å². The molecule has 0 radical (unpaired) electrons. The van der Waals surface area contributed by atoms with E-state index >= 15 is 0 Å². The van der Waals surface area contributed by atoms with Crippen LogP contribution >= 0.6 is 15.9 Å². The fraction of sp³-hybridized carbons (Fsp3) is 0.312. The Kier molecular flexibility index (Phi) is 5.49. The standard InChI is InChI=1S/C16H19BrN4O/c1-4-21(5-2)15(22)12-9-18-16(19-10-12)20-14-7-6-11(3)8-13(14)17/h6-10H,4-5H2,1-3H3,(H,18,19,20). The van der Waals surface area contributed by atoms with Gasteiger partial charge in [-0.05, 0) is 54.4 Å². The summed E-state index contributed by atoms with van der Waals surface area (Å²) in [4.78, 5) is 22.4. The Balaban J connectivity index is 2.13. The minimum absolute atomic E-state index is 0.0481. The third kappa shape index (κ3) is 3.82. The van der Waals surface area contributed by atoms with E-state index in [1.54, 1.807) is 17.3 Å². The number of aryl methyl sites for hydroxylation is 1. The average molecular weight is 363 g/mol. The number of carbonyl (C=O) groups is 1. The molecule has 0 saturated heterocycles. The lowest BCUT2D eigenvalue weighted by Gasteiger charge is -2.18. The lowest BCUT2D eigenvalue weighted by Crippen LogP contribution is -2.30. The van der Waals surface area contributed by atoms with Gasteiger partial charge in [0.2, 0.25) is 5.95 Å². The molecule has 0 atom stereocenters. The Morgan fingerprint density at radius 2 is 1.86 bits per heavy atom. The summed E-state index contributed by atoms with van der Waals surface area (Å²) in [5.41, 5.74) is 2.55. The van der Waals surface area contributed by atoms with Crippen molar-refractivity contribution < 1.29 is 4.79 Å². The SMILES string of the molecule is CCN(CC)C(=O)c1cnc(Nc2ccc(C)cc2Br)nc1. The van der Waals surface area contributed by atoms with E-state index in [9.17, 15) is 4.79 Å². The highest BCUT2D eigenvalue weighted by molar-refractivity contribution is 9.10. The van der Waals surface area contributed by atoms with Gasteiger partial charge in [-0.1, -0.05) is 6.07 Å². The van der Waals surface area contributed by atoms with Gasteiger partial charge in [-0.3, -0.25) is 4.79 Å². The van der Waals surface area contributed by atoms with Crippen LogP contribution in [0.5, 0.6) is 0 Å². The van der Waals surface area contributed by atoms with Crippen molar-refractivity contribution in [2.24, 2.45) is 0 Å². The number of nitrogens with one attached hydrogen (secondary N) is 1. The summed E-state index contributed by atoms with van der Waals surface area (Å²) >= 11 is 3.50. The van der Waals surface area contributed by atoms with E-state index in [0.717, 1.165) is 10.2 Å². The van der Waals surface area contributed by atoms with E-state index in [4.69, 9.17) is 0 Å². The Morgan fingerprint density at radius 1 is 1.23 bits per heavy atom. The van der Waals surface area contributed by atoms with E-state index in [2.05, 4.69) is 31.2 Å². The Hall–Kier alpha value is -1.95. The number of nitrogens with zero attached hydrogens (tertiary/aromatic N) is 3. The highest BCUT2D eigenvalue weighted by Crippen LogP contribution is 2.25. The maximum Gasteiger partial charge on any atom is 0.256 e. The van der Waals surface area contributed by atoms with Crippen molar-refractivity contribution in [2.45, 2.75) is 20.8 Å². The van der Waals surface area contributed by atoms with E-state index in [1.165, 1.54) is 5.56 Å². The molecule has 0 fully saturated rings. The van der Waals surface area contributed by atoms with Crippen LogP contribution in [0.3, 0.4) is 0 Å². The van der Waals surface area contributed by atoms with E-state index in [-0.39, 0.29) is 5.91 Å². The molecule has 0 bridgehead atoms. The maximum atomic E-state index is 12.2. The van der Waals surface area contributed by atoms with E-state index < -0.39 is 0 Å². The van der Waals surface area contributed by atoms with Gasteiger partial charge < -0.3 is 10.2 Å². The zero-order chi connectivity index (χ0) is 16.1. The van der Waals surface area contributed by atoms with Crippen molar-refractivity contribution in [1.29, 1.82) is 0 Å².